The fraction of sp³-hybridized carbons (Fsp3) is 0.588. The van der Waals surface area contributed by atoms with Gasteiger partial charge in [0.1, 0.15) is 18.0 Å². The number of phenolic OH excluding ortho intramolecular Hbond substituents is 1. The first-order valence-corrected chi connectivity index (χ1v) is 10.3. The lowest BCUT2D eigenvalue weighted by Crippen LogP contribution is -2.34. The van der Waals surface area contributed by atoms with Crippen molar-refractivity contribution in [3.05, 3.63) is 23.0 Å². The summed E-state index contributed by atoms with van der Waals surface area (Å²) in [7, 11) is -4.20. The molecule has 0 radical (unpaired) electrons. The highest BCUT2D eigenvalue weighted by molar-refractivity contribution is 7.92. The van der Waals surface area contributed by atoms with Crippen molar-refractivity contribution in [1.29, 1.82) is 0 Å². The number of rotatable bonds is 6. The van der Waals surface area contributed by atoms with Crippen LogP contribution in [0.15, 0.2) is 6.07 Å². The quantitative estimate of drug-likeness (QED) is 0.687. The first-order chi connectivity index (χ1) is 12.7. The van der Waals surface area contributed by atoms with E-state index in [0.29, 0.717) is 35.0 Å². The fourth-order valence-corrected chi connectivity index (χ4v) is 4.54. The van der Waals surface area contributed by atoms with E-state index in [9.17, 15) is 18.3 Å². The predicted octanol–water partition coefficient (Wildman–Crippen LogP) is 0.886. The number of nitrogens with one attached hydrogen (secondary N) is 1. The van der Waals surface area contributed by atoms with Crippen molar-refractivity contribution < 1.29 is 27.4 Å². The number of hydrogen-bond donors (Lipinski definition) is 2. The fourth-order valence-electron chi connectivity index (χ4n) is 3.37. The second kappa shape index (κ2) is 7.61. The minimum absolute atomic E-state index is 0.161. The molecule has 1 saturated heterocycles. The van der Waals surface area contributed by atoms with Gasteiger partial charge in [-0.05, 0) is 38.3 Å². The van der Waals surface area contributed by atoms with Gasteiger partial charge in [0, 0.05) is 31.8 Å². The van der Waals surface area contributed by atoms with Gasteiger partial charge in [0.05, 0.1) is 6.10 Å². The van der Waals surface area contributed by atoms with Crippen molar-refractivity contribution in [3.8, 4) is 5.75 Å². The summed E-state index contributed by atoms with van der Waals surface area (Å²) in [5.41, 5.74) is 0.532. The molecule has 2 aliphatic rings. The molecule has 2 aliphatic heterocycles. The van der Waals surface area contributed by atoms with Gasteiger partial charge in [-0.15, -0.1) is 0 Å². The molecule has 1 aromatic rings. The van der Waals surface area contributed by atoms with Gasteiger partial charge in [-0.1, -0.05) is 0 Å². The number of anilines is 1. The first kappa shape index (κ1) is 19.8. The zero-order valence-electron chi connectivity index (χ0n) is 15.4. The number of hydrogen-bond acceptors (Lipinski definition) is 6. The molecule has 0 atom stereocenters. The van der Waals surface area contributed by atoms with Crippen molar-refractivity contribution in [2.45, 2.75) is 39.3 Å². The topological polar surface area (TPSA) is 99.2 Å². The smallest absolute Gasteiger partial charge is 0.326 e. The van der Waals surface area contributed by atoms with E-state index in [1.54, 1.807) is 4.72 Å². The van der Waals surface area contributed by atoms with Crippen LogP contribution in [0.1, 0.15) is 31.4 Å². The van der Waals surface area contributed by atoms with Crippen LogP contribution in [-0.4, -0.2) is 56.7 Å². The normalized spacial score (nSPS) is 19.4. The number of carbonyl (C=O) groups is 1. The average Bonchev–Trinajstić information content (AvgIpc) is 2.84. The van der Waals surface area contributed by atoms with Gasteiger partial charge in [0.2, 0.25) is 0 Å². The molecule has 1 aromatic carbocycles. The molecule has 0 bridgehead atoms. The number of carbonyl (C=O) groups excluding carboxylic acids is 1. The Morgan fingerprint density at radius 1 is 1.37 bits per heavy atom. The van der Waals surface area contributed by atoms with Crippen LogP contribution in [0.5, 0.6) is 5.75 Å². The highest BCUT2D eigenvalue weighted by Gasteiger charge is 2.38. The summed E-state index contributed by atoms with van der Waals surface area (Å²) in [6.45, 7) is 5.75. The zero-order chi connectivity index (χ0) is 19.8. The van der Waals surface area contributed by atoms with Crippen LogP contribution in [0.2, 0.25) is 0 Å². The number of phenols is 1. The molecule has 0 aliphatic carbocycles. The number of halogens is 1. The van der Waals surface area contributed by atoms with Gasteiger partial charge >= 0.3 is 10.2 Å². The number of fused-ring (bicyclic) bond motifs is 1. The summed E-state index contributed by atoms with van der Waals surface area (Å²) in [6.07, 6.45) is 1.52. The first-order valence-electron chi connectivity index (χ1n) is 8.89. The third-order valence-corrected chi connectivity index (χ3v) is 6.01. The summed E-state index contributed by atoms with van der Waals surface area (Å²) >= 11 is 0. The minimum atomic E-state index is -4.20. The Labute approximate surface area is 158 Å². The number of benzene rings is 1. The summed E-state index contributed by atoms with van der Waals surface area (Å²) in [5.74, 6) is -2.04. The second-order valence-corrected chi connectivity index (χ2v) is 8.63. The molecule has 2 N–H and O–H groups in total. The molecule has 0 unspecified atom stereocenters. The van der Waals surface area contributed by atoms with E-state index in [4.69, 9.17) is 4.74 Å². The molecule has 0 aromatic heterocycles. The van der Waals surface area contributed by atoms with Crippen LogP contribution in [0, 0.1) is 5.82 Å². The molecular formula is C17H24FN3O5S. The summed E-state index contributed by atoms with van der Waals surface area (Å²) in [4.78, 5) is 13.5. The summed E-state index contributed by atoms with van der Waals surface area (Å²) in [6, 6.07) is 1.39. The number of aromatic hydroxyl groups is 1. The molecule has 1 fully saturated rings. The number of ether oxygens (including phenoxy) is 1. The minimum Gasteiger partial charge on any atom is -0.506 e. The van der Waals surface area contributed by atoms with Crippen LogP contribution in [0.25, 0.3) is 0 Å². The van der Waals surface area contributed by atoms with E-state index < -0.39 is 39.9 Å². The van der Waals surface area contributed by atoms with E-state index in [1.165, 1.54) is 6.07 Å². The van der Waals surface area contributed by atoms with Crippen LogP contribution < -0.4 is 9.03 Å². The second-order valence-electron chi connectivity index (χ2n) is 7.03. The Morgan fingerprint density at radius 3 is 2.74 bits per heavy atom. The standard InChI is InChI=1S/C17H24FN3O5S/c1-11(2)26-7-3-5-20-6-4-12-8-14(22)17(16(18)13(12)9-20)21-10-15(23)19-27(21,24)25/h8,11,22H,3-7,9-10H2,1-2H3,(H,19,23). The van der Waals surface area contributed by atoms with E-state index in [0.717, 1.165) is 19.5 Å². The van der Waals surface area contributed by atoms with Gasteiger partial charge in [-0.2, -0.15) is 8.42 Å². The molecule has 27 heavy (non-hydrogen) atoms. The molecule has 1 amide bonds. The Kier molecular flexibility index (Phi) is 5.59. The lowest BCUT2D eigenvalue weighted by molar-refractivity contribution is -0.117. The van der Waals surface area contributed by atoms with Gasteiger partial charge in [0.25, 0.3) is 5.91 Å². The van der Waals surface area contributed by atoms with Crippen molar-refractivity contribution >= 4 is 21.8 Å². The van der Waals surface area contributed by atoms with E-state index in [1.807, 2.05) is 13.8 Å². The molecule has 3 rings (SSSR count). The molecule has 0 spiro atoms. The summed E-state index contributed by atoms with van der Waals surface area (Å²) in [5, 5.41) is 10.2. The molecule has 10 heteroatoms. The maximum Gasteiger partial charge on any atom is 0.326 e. The lowest BCUT2D eigenvalue weighted by Gasteiger charge is -2.30. The third kappa shape index (κ3) is 4.17. The van der Waals surface area contributed by atoms with Crippen molar-refractivity contribution in [1.82, 2.24) is 9.62 Å². The third-order valence-electron chi connectivity index (χ3n) is 4.63. The summed E-state index contributed by atoms with van der Waals surface area (Å²) < 4.78 is 47.1. The van der Waals surface area contributed by atoms with Gasteiger partial charge in [-0.25, -0.2) is 13.4 Å². The van der Waals surface area contributed by atoms with Crippen LogP contribution in [0.4, 0.5) is 10.1 Å². The zero-order valence-corrected chi connectivity index (χ0v) is 16.2. The Bertz CT molecular complexity index is 843. The molecule has 150 valence electrons. The van der Waals surface area contributed by atoms with Crippen LogP contribution in [0.3, 0.4) is 0 Å². The van der Waals surface area contributed by atoms with Gasteiger partial charge < -0.3 is 9.84 Å². The lowest BCUT2D eigenvalue weighted by atomic mass is 9.97. The Morgan fingerprint density at radius 2 is 2.11 bits per heavy atom. The predicted molar refractivity (Wildman–Crippen MR) is 97.2 cm³/mol. The Hall–Kier alpha value is -1.91. The number of nitrogens with zero attached hydrogens (tertiary/aromatic N) is 2. The largest absolute Gasteiger partial charge is 0.506 e. The van der Waals surface area contributed by atoms with Crippen molar-refractivity contribution in [2.24, 2.45) is 0 Å². The molecule has 0 saturated carbocycles. The maximum atomic E-state index is 15.1. The molecule has 2 heterocycles. The molecule has 8 nitrogen and oxygen atoms in total. The van der Waals surface area contributed by atoms with E-state index in [-0.39, 0.29) is 6.10 Å². The SMILES string of the molecule is CC(C)OCCCN1CCc2cc(O)c(N3CC(=O)NS3(=O)=O)c(F)c2C1. The van der Waals surface area contributed by atoms with Gasteiger partial charge in [0.15, 0.2) is 5.82 Å². The van der Waals surface area contributed by atoms with Gasteiger partial charge in [-0.3, -0.25) is 9.69 Å². The molecular weight excluding hydrogens is 377 g/mol. The van der Waals surface area contributed by atoms with Crippen molar-refractivity contribution in [3.63, 3.8) is 0 Å². The van der Waals surface area contributed by atoms with Crippen LogP contribution >= 0.6 is 0 Å². The highest BCUT2D eigenvalue weighted by atomic mass is 32.2. The van der Waals surface area contributed by atoms with E-state index in [2.05, 4.69) is 4.90 Å². The maximum absolute atomic E-state index is 15.1. The average molecular weight is 401 g/mol. The van der Waals surface area contributed by atoms with Crippen molar-refractivity contribution in [2.75, 3.05) is 30.5 Å². The monoisotopic (exact) mass is 401 g/mol. The van der Waals surface area contributed by atoms with Crippen LogP contribution in [-0.2, 0) is 32.7 Å². The van der Waals surface area contributed by atoms with E-state index >= 15 is 4.39 Å². The highest BCUT2D eigenvalue weighted by Crippen LogP contribution is 2.38. The Balaban J connectivity index is 1.81. The number of amides is 1.